The molecule has 0 unspecified atom stereocenters. The highest BCUT2D eigenvalue weighted by Gasteiger charge is 2.18. The molecule has 0 fully saturated rings. The van der Waals surface area contributed by atoms with Gasteiger partial charge in [0.15, 0.2) is 0 Å². The van der Waals surface area contributed by atoms with E-state index in [9.17, 15) is 4.57 Å². The van der Waals surface area contributed by atoms with Crippen molar-refractivity contribution < 1.29 is 19.1 Å². The number of hydrogen-bond donors (Lipinski definition) is 0. The maximum absolute atomic E-state index is 10.9. The molecule has 0 aromatic carbocycles. The molecule has 0 heterocycles. The van der Waals surface area contributed by atoms with E-state index in [-0.39, 0.29) is 5.48 Å². The highest BCUT2D eigenvalue weighted by atomic mass is 31.1. The third-order valence-corrected chi connectivity index (χ3v) is 2.18. The summed E-state index contributed by atoms with van der Waals surface area (Å²) in [5, 5.41) is 0. The fourth-order valence-electron chi connectivity index (χ4n) is 0.604. The van der Waals surface area contributed by atoms with E-state index in [1.165, 1.54) is 0 Å². The highest BCUT2D eigenvalue weighted by Crippen LogP contribution is 2.24. The van der Waals surface area contributed by atoms with Gasteiger partial charge in [0.2, 0.25) is 0 Å². The van der Waals surface area contributed by atoms with Crippen molar-refractivity contribution in [2.45, 2.75) is 39.5 Å². The average Bonchev–Trinajstić information content (AvgIpc) is 2.06. The molecule has 2 N–H and O–H groups in total. The van der Waals surface area contributed by atoms with Crippen molar-refractivity contribution >= 4 is 8.25 Å². The summed E-state index contributed by atoms with van der Waals surface area (Å²) >= 11 is 0. The zero-order valence-corrected chi connectivity index (χ0v) is 9.31. The Hall–Kier alpha value is -0.0200. The van der Waals surface area contributed by atoms with E-state index in [0.717, 1.165) is 25.7 Å². The summed E-state index contributed by atoms with van der Waals surface area (Å²) in [6.07, 6.45) is 3.99. The lowest BCUT2D eigenvalue weighted by Crippen LogP contribution is -1.90. The minimum atomic E-state index is -1.85. The predicted octanol–water partition coefficient (Wildman–Crippen LogP) is 2.45. The molecule has 5 heteroatoms. The maximum Gasteiger partial charge on any atom is 0.697 e. The van der Waals surface area contributed by atoms with Crippen LogP contribution in [0, 0.1) is 0 Å². The molecule has 0 aromatic rings. The zero-order valence-electron chi connectivity index (χ0n) is 8.41. The van der Waals surface area contributed by atoms with E-state index in [1.807, 2.05) is 0 Å². The van der Waals surface area contributed by atoms with Crippen LogP contribution in [0.25, 0.3) is 0 Å². The second kappa shape index (κ2) is 12.0. The lowest BCUT2D eigenvalue weighted by atomic mass is 10.4. The van der Waals surface area contributed by atoms with Crippen LogP contribution in [0.5, 0.6) is 0 Å². The SMILES string of the molecule is CCCCO[P+](=O)OCCCC.O. The van der Waals surface area contributed by atoms with Gasteiger partial charge in [-0.05, 0) is 12.8 Å². The van der Waals surface area contributed by atoms with Gasteiger partial charge in [-0.25, -0.2) is 0 Å². The van der Waals surface area contributed by atoms with E-state index >= 15 is 0 Å². The van der Waals surface area contributed by atoms with Crippen molar-refractivity contribution in [1.29, 1.82) is 0 Å². The molecule has 0 aliphatic carbocycles. The molecular formula is C8H20O4P+. The lowest BCUT2D eigenvalue weighted by molar-refractivity contribution is 0.221. The van der Waals surface area contributed by atoms with Crippen LogP contribution in [0.1, 0.15) is 39.5 Å². The molecule has 0 aliphatic heterocycles. The first-order valence-corrected chi connectivity index (χ1v) is 5.63. The maximum atomic E-state index is 10.9. The first kappa shape index (κ1) is 15.5. The second-order valence-electron chi connectivity index (χ2n) is 2.60. The number of unbranched alkanes of at least 4 members (excludes halogenated alkanes) is 2. The third kappa shape index (κ3) is 12.0. The molecule has 4 nitrogen and oxygen atoms in total. The normalized spacial score (nSPS) is 9.38. The first-order chi connectivity index (χ1) is 5.81. The molecule has 0 amide bonds. The first-order valence-electron chi connectivity index (χ1n) is 4.54. The van der Waals surface area contributed by atoms with E-state index in [0.29, 0.717) is 13.2 Å². The van der Waals surface area contributed by atoms with Crippen molar-refractivity contribution in [3.8, 4) is 0 Å². The van der Waals surface area contributed by atoms with Gasteiger partial charge in [0.05, 0.1) is 0 Å². The van der Waals surface area contributed by atoms with Crippen LogP contribution in [-0.4, -0.2) is 18.7 Å². The summed E-state index contributed by atoms with van der Waals surface area (Å²) in [6.45, 7) is 5.21. The zero-order chi connectivity index (χ0) is 9.23. The van der Waals surface area contributed by atoms with Crippen LogP contribution in [0.4, 0.5) is 0 Å². The number of rotatable bonds is 8. The van der Waals surface area contributed by atoms with Gasteiger partial charge in [0.1, 0.15) is 13.2 Å². The Morgan fingerprint density at radius 2 is 1.38 bits per heavy atom. The monoisotopic (exact) mass is 211 g/mol. The molecule has 0 aliphatic rings. The van der Waals surface area contributed by atoms with Gasteiger partial charge >= 0.3 is 8.25 Å². The molecule has 80 valence electrons. The van der Waals surface area contributed by atoms with Gasteiger partial charge in [-0.15, -0.1) is 9.05 Å². The largest absolute Gasteiger partial charge is 0.697 e. The van der Waals surface area contributed by atoms with Gasteiger partial charge in [-0.3, -0.25) is 0 Å². The van der Waals surface area contributed by atoms with Crippen molar-refractivity contribution in [3.63, 3.8) is 0 Å². The van der Waals surface area contributed by atoms with Gasteiger partial charge in [0.25, 0.3) is 0 Å². The van der Waals surface area contributed by atoms with E-state index in [2.05, 4.69) is 13.8 Å². The van der Waals surface area contributed by atoms with Crippen molar-refractivity contribution in [1.82, 2.24) is 0 Å². The molecule has 0 bridgehead atoms. The average molecular weight is 211 g/mol. The summed E-state index contributed by atoms with van der Waals surface area (Å²) in [5.74, 6) is 0. The van der Waals surface area contributed by atoms with Gasteiger partial charge in [-0.2, -0.15) is 0 Å². The van der Waals surface area contributed by atoms with Crippen LogP contribution >= 0.6 is 8.25 Å². The molecule has 0 saturated heterocycles. The van der Waals surface area contributed by atoms with E-state index in [1.54, 1.807) is 0 Å². The van der Waals surface area contributed by atoms with Gasteiger partial charge in [-0.1, -0.05) is 26.7 Å². The second-order valence-corrected chi connectivity index (χ2v) is 3.56. The summed E-state index contributed by atoms with van der Waals surface area (Å²) in [7, 11) is -1.85. The Morgan fingerprint density at radius 1 is 1.00 bits per heavy atom. The number of hydrogen-bond acceptors (Lipinski definition) is 3. The van der Waals surface area contributed by atoms with Gasteiger partial charge < -0.3 is 5.48 Å². The molecule has 0 spiro atoms. The fraction of sp³-hybridized carbons (Fsp3) is 1.00. The Kier molecular flexibility index (Phi) is 14.2. The third-order valence-electron chi connectivity index (χ3n) is 1.39. The Balaban J connectivity index is 0. The summed E-state index contributed by atoms with van der Waals surface area (Å²) in [6, 6.07) is 0. The smallest absolute Gasteiger partial charge is 0.412 e. The quantitative estimate of drug-likeness (QED) is 0.457. The molecule has 0 aromatic heterocycles. The van der Waals surface area contributed by atoms with E-state index in [4.69, 9.17) is 9.05 Å². The molecule has 0 atom stereocenters. The summed E-state index contributed by atoms with van der Waals surface area (Å²) < 4.78 is 20.7. The Bertz CT molecular complexity index is 107. The van der Waals surface area contributed by atoms with Gasteiger partial charge in [0, 0.05) is 4.57 Å². The minimum absolute atomic E-state index is 0. The van der Waals surface area contributed by atoms with Crippen molar-refractivity contribution in [2.24, 2.45) is 0 Å². The Labute approximate surface area is 80.9 Å². The summed E-state index contributed by atoms with van der Waals surface area (Å²) in [5.41, 5.74) is 0. The topological polar surface area (TPSA) is 67.0 Å². The minimum Gasteiger partial charge on any atom is -0.412 e. The predicted molar refractivity (Wildman–Crippen MR) is 52.9 cm³/mol. The standard InChI is InChI=1S/C8H18O3P.H2O/c1-3-5-7-10-12(9)11-8-6-4-2;/h3-8H2,1-2H3;1H2/q+1;. The van der Waals surface area contributed by atoms with Crippen LogP contribution in [-0.2, 0) is 13.6 Å². The lowest BCUT2D eigenvalue weighted by Gasteiger charge is -1.89. The molecule has 0 saturated carbocycles. The highest BCUT2D eigenvalue weighted by molar-refractivity contribution is 7.33. The molecule has 0 rings (SSSR count). The molecule has 0 radical (unpaired) electrons. The molecule has 13 heavy (non-hydrogen) atoms. The Morgan fingerprint density at radius 3 is 1.69 bits per heavy atom. The fourth-order valence-corrected chi connectivity index (χ4v) is 1.23. The molecular weight excluding hydrogens is 191 g/mol. The van der Waals surface area contributed by atoms with Crippen molar-refractivity contribution in [3.05, 3.63) is 0 Å². The summed E-state index contributed by atoms with van der Waals surface area (Å²) in [4.78, 5) is 0. The van der Waals surface area contributed by atoms with E-state index < -0.39 is 8.25 Å². The van der Waals surface area contributed by atoms with Crippen LogP contribution < -0.4 is 0 Å². The van der Waals surface area contributed by atoms with Crippen LogP contribution in [0.15, 0.2) is 0 Å². The van der Waals surface area contributed by atoms with Crippen LogP contribution in [0.2, 0.25) is 0 Å². The van der Waals surface area contributed by atoms with Crippen LogP contribution in [0.3, 0.4) is 0 Å². The van der Waals surface area contributed by atoms with Crippen molar-refractivity contribution in [2.75, 3.05) is 13.2 Å².